The minimum absolute atomic E-state index is 0.0734. The number of benzene rings is 1. The van der Waals surface area contributed by atoms with Gasteiger partial charge < -0.3 is 14.4 Å². The normalized spacial score (nSPS) is 11.5. The minimum atomic E-state index is -3.37. The van der Waals surface area contributed by atoms with Gasteiger partial charge >= 0.3 is 5.97 Å². The molecule has 0 radical (unpaired) electrons. The Balaban J connectivity index is 3.17. The number of sulfone groups is 1. The van der Waals surface area contributed by atoms with Crippen molar-refractivity contribution in [1.82, 2.24) is 0 Å². The fourth-order valence-corrected chi connectivity index (χ4v) is 2.65. The van der Waals surface area contributed by atoms with E-state index in [2.05, 4.69) is 5.92 Å². The summed E-state index contributed by atoms with van der Waals surface area (Å²) in [5.74, 6) is 2.35. The Morgan fingerprint density at radius 2 is 1.96 bits per heavy atom. The second kappa shape index (κ2) is 7.58. The third kappa shape index (κ3) is 5.78. The molecular formula is C17H23NO5S. The standard InChI is InChI=1S/C17H23NO5S/c1-7-10-18(12-16(19)23-17(2,3)4)14-9-8-13(24(6,20)21)11-15(14)22-5/h1,8-9,11H,10,12H2,2-6H3. The minimum Gasteiger partial charge on any atom is -0.495 e. The molecule has 0 fully saturated rings. The molecule has 0 N–H and O–H groups in total. The molecule has 0 atom stereocenters. The highest BCUT2D eigenvalue weighted by Crippen LogP contribution is 2.31. The first-order chi connectivity index (χ1) is 11.0. The van der Waals surface area contributed by atoms with Crippen LogP contribution in [0.15, 0.2) is 23.1 Å². The lowest BCUT2D eigenvalue weighted by atomic mass is 10.2. The van der Waals surface area contributed by atoms with Crippen LogP contribution in [0.2, 0.25) is 0 Å². The average molecular weight is 353 g/mol. The first kappa shape index (κ1) is 19.8. The first-order valence-corrected chi connectivity index (χ1v) is 9.15. The topological polar surface area (TPSA) is 72.9 Å². The van der Waals surface area contributed by atoms with Gasteiger partial charge in [0.15, 0.2) is 9.84 Å². The maximum Gasteiger partial charge on any atom is 0.326 e. The summed E-state index contributed by atoms with van der Waals surface area (Å²) in [4.78, 5) is 13.8. The molecule has 0 heterocycles. The number of carbonyl (C=O) groups excluding carboxylic acids is 1. The highest BCUT2D eigenvalue weighted by molar-refractivity contribution is 7.90. The summed E-state index contributed by atoms with van der Waals surface area (Å²) in [5, 5.41) is 0. The average Bonchev–Trinajstić information content (AvgIpc) is 2.43. The number of anilines is 1. The lowest BCUT2D eigenvalue weighted by molar-refractivity contribution is -0.152. The van der Waals surface area contributed by atoms with Crippen molar-refractivity contribution < 1.29 is 22.7 Å². The molecule has 1 rings (SSSR count). The summed E-state index contributed by atoms with van der Waals surface area (Å²) in [6.07, 6.45) is 6.49. The van der Waals surface area contributed by atoms with E-state index in [1.165, 1.54) is 19.2 Å². The summed E-state index contributed by atoms with van der Waals surface area (Å²) < 4.78 is 33.9. The van der Waals surface area contributed by atoms with Crippen LogP contribution in [-0.2, 0) is 19.4 Å². The van der Waals surface area contributed by atoms with Crippen LogP contribution in [0.4, 0.5) is 5.69 Å². The third-order valence-corrected chi connectivity index (χ3v) is 4.05. The number of hydrogen-bond acceptors (Lipinski definition) is 6. The molecule has 0 aliphatic heterocycles. The number of ether oxygens (including phenoxy) is 2. The number of methoxy groups -OCH3 is 1. The second-order valence-electron chi connectivity index (χ2n) is 6.25. The predicted molar refractivity (Wildman–Crippen MR) is 93.0 cm³/mol. The lowest BCUT2D eigenvalue weighted by Crippen LogP contribution is -2.35. The van der Waals surface area contributed by atoms with Crippen LogP contribution < -0.4 is 9.64 Å². The Hall–Kier alpha value is -2.20. The molecule has 0 amide bonds. The number of nitrogens with zero attached hydrogens (tertiary/aromatic N) is 1. The van der Waals surface area contributed by atoms with Gasteiger partial charge in [0.05, 0.1) is 24.2 Å². The van der Waals surface area contributed by atoms with Gasteiger partial charge in [0.1, 0.15) is 17.9 Å². The van der Waals surface area contributed by atoms with E-state index in [1.807, 2.05) is 0 Å². The number of hydrogen-bond donors (Lipinski definition) is 0. The fourth-order valence-electron chi connectivity index (χ4n) is 2.02. The van der Waals surface area contributed by atoms with Crippen molar-refractivity contribution in [2.24, 2.45) is 0 Å². The van der Waals surface area contributed by atoms with E-state index in [4.69, 9.17) is 15.9 Å². The van der Waals surface area contributed by atoms with Gasteiger partial charge in [-0.3, -0.25) is 4.79 Å². The lowest BCUT2D eigenvalue weighted by Gasteiger charge is -2.26. The van der Waals surface area contributed by atoms with Crippen molar-refractivity contribution in [1.29, 1.82) is 0 Å². The number of terminal acetylenes is 1. The Morgan fingerprint density at radius 1 is 1.33 bits per heavy atom. The van der Waals surface area contributed by atoms with E-state index in [1.54, 1.807) is 31.7 Å². The molecule has 0 saturated heterocycles. The van der Waals surface area contributed by atoms with Crippen molar-refractivity contribution in [2.45, 2.75) is 31.3 Å². The quantitative estimate of drug-likeness (QED) is 0.574. The highest BCUT2D eigenvalue weighted by Gasteiger charge is 2.21. The molecular weight excluding hydrogens is 330 g/mol. The van der Waals surface area contributed by atoms with E-state index < -0.39 is 21.4 Å². The molecule has 24 heavy (non-hydrogen) atoms. The smallest absolute Gasteiger partial charge is 0.326 e. The molecule has 132 valence electrons. The third-order valence-electron chi connectivity index (χ3n) is 2.94. The molecule has 0 aromatic heterocycles. The zero-order valence-corrected chi connectivity index (χ0v) is 15.4. The molecule has 0 bridgehead atoms. The van der Waals surface area contributed by atoms with Gasteiger partial charge in [0.2, 0.25) is 0 Å². The summed E-state index contributed by atoms with van der Waals surface area (Å²) in [6.45, 7) is 5.40. The Kier molecular flexibility index (Phi) is 6.27. The molecule has 1 aromatic carbocycles. The van der Waals surface area contributed by atoms with Gasteiger partial charge in [0, 0.05) is 12.3 Å². The van der Waals surface area contributed by atoms with Gasteiger partial charge in [-0.1, -0.05) is 5.92 Å². The van der Waals surface area contributed by atoms with Crippen LogP contribution in [0.3, 0.4) is 0 Å². The molecule has 0 unspecified atom stereocenters. The van der Waals surface area contributed by atoms with Gasteiger partial charge in [-0.05, 0) is 32.9 Å². The van der Waals surface area contributed by atoms with E-state index in [-0.39, 0.29) is 18.0 Å². The molecule has 6 nitrogen and oxygen atoms in total. The van der Waals surface area contributed by atoms with E-state index >= 15 is 0 Å². The van der Waals surface area contributed by atoms with Crippen LogP contribution in [-0.4, -0.2) is 46.4 Å². The molecule has 0 spiro atoms. The Labute approximate surface area is 143 Å². The maximum absolute atomic E-state index is 12.1. The SMILES string of the molecule is C#CCN(CC(=O)OC(C)(C)C)c1ccc(S(C)(=O)=O)cc1OC. The van der Waals surface area contributed by atoms with E-state index in [0.29, 0.717) is 11.4 Å². The largest absolute Gasteiger partial charge is 0.495 e. The number of carbonyl (C=O) groups is 1. The van der Waals surface area contributed by atoms with Crippen LogP contribution in [0.1, 0.15) is 20.8 Å². The predicted octanol–water partition coefficient (Wildman–Crippen LogP) is 1.88. The van der Waals surface area contributed by atoms with Crippen molar-refractivity contribution in [3.63, 3.8) is 0 Å². The number of rotatable bonds is 6. The molecule has 0 aliphatic carbocycles. The van der Waals surface area contributed by atoms with E-state index in [9.17, 15) is 13.2 Å². The van der Waals surface area contributed by atoms with Gasteiger partial charge in [0.25, 0.3) is 0 Å². The second-order valence-corrected chi connectivity index (χ2v) is 8.27. The fraction of sp³-hybridized carbons (Fsp3) is 0.471. The van der Waals surface area contributed by atoms with Crippen LogP contribution >= 0.6 is 0 Å². The Bertz CT molecular complexity index is 741. The monoisotopic (exact) mass is 353 g/mol. The summed E-state index contributed by atoms with van der Waals surface area (Å²) in [7, 11) is -1.94. The first-order valence-electron chi connectivity index (χ1n) is 7.26. The Morgan fingerprint density at radius 3 is 2.42 bits per heavy atom. The zero-order valence-electron chi connectivity index (χ0n) is 14.6. The van der Waals surface area contributed by atoms with E-state index in [0.717, 1.165) is 6.26 Å². The zero-order chi connectivity index (χ0) is 18.5. The van der Waals surface area contributed by atoms with Crippen molar-refractivity contribution >= 4 is 21.5 Å². The number of esters is 1. The van der Waals surface area contributed by atoms with Crippen molar-refractivity contribution in [3.8, 4) is 18.1 Å². The van der Waals surface area contributed by atoms with Gasteiger partial charge in [-0.15, -0.1) is 6.42 Å². The maximum atomic E-state index is 12.1. The van der Waals surface area contributed by atoms with Crippen LogP contribution in [0.5, 0.6) is 5.75 Å². The summed E-state index contributed by atoms with van der Waals surface area (Å²) >= 11 is 0. The van der Waals surface area contributed by atoms with Crippen molar-refractivity contribution in [2.75, 3.05) is 31.4 Å². The van der Waals surface area contributed by atoms with Crippen molar-refractivity contribution in [3.05, 3.63) is 18.2 Å². The van der Waals surface area contributed by atoms with Crippen LogP contribution in [0, 0.1) is 12.3 Å². The highest BCUT2D eigenvalue weighted by atomic mass is 32.2. The molecule has 0 saturated carbocycles. The van der Waals surface area contributed by atoms with Gasteiger partial charge in [-0.2, -0.15) is 0 Å². The molecule has 1 aromatic rings. The molecule has 7 heteroatoms. The van der Waals surface area contributed by atoms with Gasteiger partial charge in [-0.25, -0.2) is 8.42 Å². The van der Waals surface area contributed by atoms with Crippen LogP contribution in [0.25, 0.3) is 0 Å². The summed E-state index contributed by atoms with van der Waals surface area (Å²) in [6, 6.07) is 4.42. The molecule has 0 aliphatic rings. The summed E-state index contributed by atoms with van der Waals surface area (Å²) in [5.41, 5.74) is -0.0861.